The first-order chi connectivity index (χ1) is 8.07. The second-order valence-corrected chi connectivity index (χ2v) is 3.36. The minimum Gasteiger partial charge on any atom is -0.497 e. The van der Waals surface area contributed by atoms with Gasteiger partial charge in [-0.3, -0.25) is 4.79 Å². The molecule has 0 amide bonds. The Balaban J connectivity index is 3.14. The van der Waals surface area contributed by atoms with Gasteiger partial charge in [0, 0.05) is 5.56 Å². The summed E-state index contributed by atoms with van der Waals surface area (Å²) < 4.78 is 5.09. The second-order valence-electron chi connectivity index (χ2n) is 3.36. The molecule has 0 saturated carbocycles. The molecule has 0 saturated heterocycles. The van der Waals surface area contributed by atoms with E-state index >= 15 is 0 Å². The van der Waals surface area contributed by atoms with Crippen molar-refractivity contribution in [3.63, 3.8) is 0 Å². The van der Waals surface area contributed by atoms with Crippen molar-refractivity contribution in [1.82, 2.24) is 0 Å². The van der Waals surface area contributed by atoms with Crippen LogP contribution in [0, 0.1) is 0 Å². The van der Waals surface area contributed by atoms with Crippen LogP contribution in [0.5, 0.6) is 0 Å². The lowest BCUT2D eigenvalue weighted by atomic mass is 10.0. The summed E-state index contributed by atoms with van der Waals surface area (Å²) in [5.41, 5.74) is 0.0157. The quantitative estimate of drug-likeness (QED) is 0.279. The number of allylic oxidation sites excluding steroid dienone is 1. The van der Waals surface area contributed by atoms with Crippen molar-refractivity contribution in [3.05, 3.63) is 47.2 Å². The summed E-state index contributed by atoms with van der Waals surface area (Å²) in [5, 5.41) is 9.04. The average Bonchev–Trinajstić information content (AvgIpc) is 2.30. The number of hydrogen-bond acceptors (Lipinski definition) is 3. The highest BCUT2D eigenvalue weighted by Gasteiger charge is 2.22. The summed E-state index contributed by atoms with van der Waals surface area (Å²) in [5.74, 6) is -1.68. The number of carbonyl (C=O) groups excluding carboxylic acids is 1. The number of carboxylic acid groups (broad SMARTS) is 1. The third-order valence-corrected chi connectivity index (χ3v) is 2.19. The number of carbonyl (C=O) groups is 2. The number of rotatable bonds is 5. The molecule has 1 N–H and O–H groups in total. The Morgan fingerprint density at radius 1 is 1.24 bits per heavy atom. The van der Waals surface area contributed by atoms with Gasteiger partial charge in [-0.15, -0.1) is 0 Å². The van der Waals surface area contributed by atoms with E-state index in [1.54, 1.807) is 37.3 Å². The van der Waals surface area contributed by atoms with Crippen LogP contribution in [0.2, 0.25) is 0 Å². The Morgan fingerprint density at radius 2 is 1.82 bits per heavy atom. The summed E-state index contributed by atoms with van der Waals surface area (Å²) in [7, 11) is 0. The SMILES string of the molecule is CCO/C(C)=C(\C(=O)O)C(=O)c1ccccc1. The molecule has 4 nitrogen and oxygen atoms in total. The Kier molecular flexibility index (Phi) is 4.46. The summed E-state index contributed by atoms with van der Waals surface area (Å²) in [6, 6.07) is 8.27. The number of Topliss-reactive ketones (excluding diaryl/α,β-unsaturated/α-hetero) is 1. The van der Waals surface area contributed by atoms with Crippen LogP contribution < -0.4 is 0 Å². The molecule has 0 aliphatic carbocycles. The molecule has 0 spiro atoms. The average molecular weight is 234 g/mol. The molecule has 0 fully saturated rings. The molecule has 0 atom stereocenters. The molecule has 0 aromatic heterocycles. The fourth-order valence-corrected chi connectivity index (χ4v) is 1.43. The van der Waals surface area contributed by atoms with Crippen LogP contribution in [0.1, 0.15) is 24.2 Å². The van der Waals surface area contributed by atoms with E-state index in [2.05, 4.69) is 0 Å². The minimum absolute atomic E-state index is 0.133. The fraction of sp³-hybridized carbons (Fsp3) is 0.231. The molecule has 1 aromatic carbocycles. The summed E-state index contributed by atoms with van der Waals surface area (Å²) in [6.07, 6.45) is 0. The summed E-state index contributed by atoms with van der Waals surface area (Å²) >= 11 is 0. The maximum Gasteiger partial charge on any atom is 0.343 e. The number of ketones is 1. The van der Waals surface area contributed by atoms with Gasteiger partial charge >= 0.3 is 5.97 Å². The van der Waals surface area contributed by atoms with Crippen LogP contribution in [0.3, 0.4) is 0 Å². The van der Waals surface area contributed by atoms with Crippen molar-refractivity contribution in [3.8, 4) is 0 Å². The maximum atomic E-state index is 12.0. The van der Waals surface area contributed by atoms with E-state index in [9.17, 15) is 9.59 Å². The molecule has 1 rings (SSSR count). The molecular weight excluding hydrogens is 220 g/mol. The smallest absolute Gasteiger partial charge is 0.343 e. The first kappa shape index (κ1) is 13.0. The molecule has 0 aliphatic rings. The van der Waals surface area contributed by atoms with Gasteiger partial charge in [0.15, 0.2) is 0 Å². The zero-order valence-electron chi connectivity index (χ0n) is 9.77. The van der Waals surface area contributed by atoms with E-state index in [1.807, 2.05) is 0 Å². The lowest BCUT2D eigenvalue weighted by Crippen LogP contribution is -2.15. The highest BCUT2D eigenvalue weighted by Crippen LogP contribution is 2.13. The van der Waals surface area contributed by atoms with Crippen LogP contribution >= 0.6 is 0 Å². The molecular formula is C13H14O4. The van der Waals surface area contributed by atoms with Crippen LogP contribution in [0.4, 0.5) is 0 Å². The largest absolute Gasteiger partial charge is 0.497 e. The van der Waals surface area contributed by atoms with Gasteiger partial charge in [-0.25, -0.2) is 4.79 Å². The Morgan fingerprint density at radius 3 is 2.29 bits per heavy atom. The lowest BCUT2D eigenvalue weighted by Gasteiger charge is -2.08. The Bertz CT molecular complexity index is 446. The Hall–Kier alpha value is -2.10. The molecule has 0 radical (unpaired) electrons. The molecule has 0 heterocycles. The van der Waals surface area contributed by atoms with Crippen molar-refractivity contribution in [2.75, 3.05) is 6.61 Å². The van der Waals surface area contributed by atoms with Gasteiger partial charge < -0.3 is 9.84 Å². The van der Waals surface area contributed by atoms with Crippen molar-refractivity contribution in [2.45, 2.75) is 13.8 Å². The van der Waals surface area contributed by atoms with Gasteiger partial charge in [-0.2, -0.15) is 0 Å². The zero-order valence-corrected chi connectivity index (χ0v) is 9.77. The van der Waals surface area contributed by atoms with Crippen LogP contribution in [-0.2, 0) is 9.53 Å². The Labute approximate surface area is 99.5 Å². The highest BCUT2D eigenvalue weighted by molar-refractivity contribution is 6.23. The second kappa shape index (κ2) is 5.84. The van der Waals surface area contributed by atoms with E-state index in [1.165, 1.54) is 6.92 Å². The standard InChI is InChI=1S/C13H14O4/c1-3-17-9(2)11(13(15)16)12(14)10-7-5-4-6-8-10/h4-8H,3H2,1-2H3,(H,15,16)/b11-9-. The van der Waals surface area contributed by atoms with Crippen molar-refractivity contribution < 1.29 is 19.4 Å². The lowest BCUT2D eigenvalue weighted by molar-refractivity contribution is -0.132. The van der Waals surface area contributed by atoms with Gasteiger partial charge in [0.1, 0.15) is 11.3 Å². The predicted molar refractivity (Wildman–Crippen MR) is 62.7 cm³/mol. The van der Waals surface area contributed by atoms with E-state index in [4.69, 9.17) is 9.84 Å². The molecule has 1 aromatic rings. The van der Waals surface area contributed by atoms with Crippen molar-refractivity contribution >= 4 is 11.8 Å². The number of ether oxygens (including phenoxy) is 1. The fourth-order valence-electron chi connectivity index (χ4n) is 1.43. The van der Waals surface area contributed by atoms with Gasteiger partial charge in [0.05, 0.1) is 6.61 Å². The third kappa shape index (κ3) is 3.17. The van der Waals surface area contributed by atoms with E-state index in [0.29, 0.717) is 12.2 Å². The monoisotopic (exact) mass is 234 g/mol. The zero-order chi connectivity index (χ0) is 12.8. The van der Waals surface area contributed by atoms with Gasteiger partial charge in [0.2, 0.25) is 5.78 Å². The van der Waals surface area contributed by atoms with Gasteiger partial charge in [0.25, 0.3) is 0 Å². The van der Waals surface area contributed by atoms with Crippen molar-refractivity contribution in [1.29, 1.82) is 0 Å². The van der Waals surface area contributed by atoms with Gasteiger partial charge in [-0.1, -0.05) is 30.3 Å². The number of hydrogen-bond donors (Lipinski definition) is 1. The molecule has 17 heavy (non-hydrogen) atoms. The number of benzene rings is 1. The van der Waals surface area contributed by atoms with Crippen molar-refractivity contribution in [2.24, 2.45) is 0 Å². The van der Waals surface area contributed by atoms with E-state index in [-0.39, 0.29) is 11.3 Å². The van der Waals surface area contributed by atoms with E-state index in [0.717, 1.165) is 0 Å². The molecule has 4 heteroatoms. The third-order valence-electron chi connectivity index (χ3n) is 2.19. The normalized spacial score (nSPS) is 11.6. The summed E-state index contributed by atoms with van der Waals surface area (Å²) in [6.45, 7) is 3.54. The van der Waals surface area contributed by atoms with Crippen LogP contribution in [0.25, 0.3) is 0 Å². The van der Waals surface area contributed by atoms with E-state index < -0.39 is 11.8 Å². The van der Waals surface area contributed by atoms with Crippen LogP contribution in [0.15, 0.2) is 41.7 Å². The first-order valence-electron chi connectivity index (χ1n) is 5.24. The topological polar surface area (TPSA) is 63.6 Å². The minimum atomic E-state index is -1.27. The maximum absolute atomic E-state index is 12.0. The van der Waals surface area contributed by atoms with Gasteiger partial charge in [-0.05, 0) is 13.8 Å². The number of aliphatic carboxylic acids is 1. The first-order valence-corrected chi connectivity index (χ1v) is 5.24. The molecule has 0 unspecified atom stereocenters. The predicted octanol–water partition coefficient (Wildman–Crippen LogP) is 2.26. The number of carboxylic acids is 1. The molecule has 0 bridgehead atoms. The highest BCUT2D eigenvalue weighted by atomic mass is 16.5. The molecule has 0 aliphatic heterocycles. The summed E-state index contributed by atoms with van der Waals surface area (Å²) in [4.78, 5) is 23.1. The molecule has 90 valence electrons. The van der Waals surface area contributed by atoms with Crippen LogP contribution in [-0.4, -0.2) is 23.5 Å².